The molecule has 4 nitrogen and oxygen atoms in total. The van der Waals surface area contributed by atoms with Crippen molar-refractivity contribution < 1.29 is 19.4 Å². The molecular weight excluding hydrogens is 340 g/mol. The summed E-state index contributed by atoms with van der Waals surface area (Å²) in [5.41, 5.74) is -1.17. The Bertz CT molecular complexity index is 642. The van der Waals surface area contributed by atoms with E-state index in [1.54, 1.807) is 6.92 Å². The molecule has 3 saturated carbocycles. The molecule has 1 N–H and O–H groups in total. The molecule has 0 aliphatic heterocycles. The summed E-state index contributed by atoms with van der Waals surface area (Å²) in [6.45, 7) is 14.3. The first-order valence-corrected chi connectivity index (χ1v) is 10.6. The zero-order chi connectivity index (χ0) is 20.2. The maximum Gasteiger partial charge on any atom is 0.305 e. The number of carbonyl (C=O) groups is 2. The Labute approximate surface area is 163 Å². The van der Waals surface area contributed by atoms with Crippen molar-refractivity contribution in [2.24, 2.45) is 34.0 Å². The van der Waals surface area contributed by atoms with Crippen molar-refractivity contribution >= 4 is 11.8 Å². The SMILES string of the molecule is C=C[C@@]1(C)CC(OC(=O)CC)C2(C)C(C)CCC3(CCC(=O)C32)C(C)C1O. The molecule has 0 spiro atoms. The number of aliphatic hydroxyl groups is 1. The highest BCUT2D eigenvalue weighted by Gasteiger charge is 2.68. The van der Waals surface area contributed by atoms with Gasteiger partial charge in [-0.1, -0.05) is 40.7 Å². The standard InChI is InChI=1S/C23H36O4/c1-7-18(25)27-17-13-21(5,8-2)20(26)15(4)23-11-9-14(3)22(17,6)19(23)16(24)10-12-23/h8,14-15,17,19-20,26H,2,7,9-13H2,1,3-6H3/t14?,15?,17?,19?,20?,21-,22?,23?/m0/s1. The molecule has 152 valence electrons. The fraction of sp³-hybridized carbons (Fsp3) is 0.826. The van der Waals surface area contributed by atoms with Gasteiger partial charge in [-0.15, -0.1) is 6.58 Å². The normalized spacial score (nSPS) is 49.7. The fourth-order valence-corrected chi connectivity index (χ4v) is 6.74. The van der Waals surface area contributed by atoms with Crippen LogP contribution in [0.2, 0.25) is 0 Å². The quantitative estimate of drug-likeness (QED) is 0.589. The van der Waals surface area contributed by atoms with Gasteiger partial charge >= 0.3 is 5.97 Å². The van der Waals surface area contributed by atoms with Gasteiger partial charge in [0.15, 0.2) is 0 Å². The van der Waals surface area contributed by atoms with Crippen molar-refractivity contribution in [3.8, 4) is 0 Å². The van der Waals surface area contributed by atoms with Gasteiger partial charge in [0.25, 0.3) is 0 Å². The summed E-state index contributed by atoms with van der Waals surface area (Å²) in [7, 11) is 0. The third-order valence-electron chi connectivity index (χ3n) is 8.86. The van der Waals surface area contributed by atoms with E-state index in [1.165, 1.54) is 0 Å². The maximum atomic E-state index is 13.2. The lowest BCUT2D eigenvalue weighted by Gasteiger charge is -2.61. The van der Waals surface area contributed by atoms with Crippen LogP contribution in [0.5, 0.6) is 0 Å². The zero-order valence-electron chi connectivity index (χ0n) is 17.6. The Balaban J connectivity index is 2.21. The van der Waals surface area contributed by atoms with E-state index in [0.29, 0.717) is 25.0 Å². The van der Waals surface area contributed by atoms with Gasteiger partial charge in [0.05, 0.1) is 6.10 Å². The van der Waals surface area contributed by atoms with Crippen LogP contribution in [0.3, 0.4) is 0 Å². The van der Waals surface area contributed by atoms with E-state index in [-0.39, 0.29) is 29.1 Å². The van der Waals surface area contributed by atoms with E-state index in [0.717, 1.165) is 19.3 Å². The number of esters is 1. The third-order valence-corrected chi connectivity index (χ3v) is 8.86. The summed E-state index contributed by atoms with van der Waals surface area (Å²) in [4.78, 5) is 25.5. The van der Waals surface area contributed by atoms with Crippen LogP contribution in [0, 0.1) is 34.0 Å². The minimum Gasteiger partial charge on any atom is -0.462 e. The Hall–Kier alpha value is -1.16. The summed E-state index contributed by atoms with van der Waals surface area (Å²) in [6, 6.07) is 0. The summed E-state index contributed by atoms with van der Waals surface area (Å²) >= 11 is 0. The van der Waals surface area contributed by atoms with Crippen molar-refractivity contribution in [3.63, 3.8) is 0 Å². The van der Waals surface area contributed by atoms with Crippen LogP contribution in [0.1, 0.15) is 73.1 Å². The van der Waals surface area contributed by atoms with Crippen LogP contribution in [-0.2, 0) is 14.3 Å². The number of rotatable bonds is 3. The smallest absolute Gasteiger partial charge is 0.305 e. The largest absolute Gasteiger partial charge is 0.462 e. The summed E-state index contributed by atoms with van der Waals surface area (Å²) < 4.78 is 6.02. The van der Waals surface area contributed by atoms with Crippen molar-refractivity contribution in [2.45, 2.75) is 85.4 Å². The average molecular weight is 377 g/mol. The molecule has 27 heavy (non-hydrogen) atoms. The third kappa shape index (κ3) is 2.73. The molecule has 3 fully saturated rings. The highest BCUT2D eigenvalue weighted by Crippen LogP contribution is 2.67. The van der Waals surface area contributed by atoms with E-state index in [4.69, 9.17) is 4.74 Å². The van der Waals surface area contributed by atoms with Gasteiger partial charge in [-0.05, 0) is 42.9 Å². The fourth-order valence-electron chi connectivity index (χ4n) is 6.74. The zero-order valence-corrected chi connectivity index (χ0v) is 17.6. The van der Waals surface area contributed by atoms with Gasteiger partial charge in [0.1, 0.15) is 11.9 Å². The number of carbonyl (C=O) groups excluding carboxylic acids is 2. The summed E-state index contributed by atoms with van der Waals surface area (Å²) in [5.74, 6) is 0.199. The van der Waals surface area contributed by atoms with Gasteiger partial charge in [-0.3, -0.25) is 9.59 Å². The van der Waals surface area contributed by atoms with Gasteiger partial charge in [-0.2, -0.15) is 0 Å². The Morgan fingerprint density at radius 3 is 2.59 bits per heavy atom. The topological polar surface area (TPSA) is 63.6 Å². The molecular formula is C23H36O4. The Morgan fingerprint density at radius 1 is 1.33 bits per heavy atom. The lowest BCUT2D eigenvalue weighted by molar-refractivity contribution is -0.206. The van der Waals surface area contributed by atoms with Gasteiger partial charge in [-0.25, -0.2) is 0 Å². The van der Waals surface area contributed by atoms with E-state index in [1.807, 2.05) is 13.0 Å². The second-order valence-electron chi connectivity index (χ2n) is 9.92. The Kier molecular flexibility index (Phi) is 5.12. The average Bonchev–Trinajstić information content (AvgIpc) is 3.00. The number of hydrogen-bond donors (Lipinski definition) is 1. The first kappa shape index (κ1) is 20.6. The lowest BCUT2D eigenvalue weighted by atomic mass is 9.44. The van der Waals surface area contributed by atoms with E-state index in [9.17, 15) is 14.7 Å². The van der Waals surface area contributed by atoms with Crippen LogP contribution in [0.15, 0.2) is 12.7 Å². The molecule has 0 aromatic carbocycles. The van der Waals surface area contributed by atoms with Crippen LogP contribution < -0.4 is 0 Å². The van der Waals surface area contributed by atoms with Crippen molar-refractivity contribution in [2.75, 3.05) is 0 Å². The molecule has 3 aliphatic rings. The van der Waals surface area contributed by atoms with E-state index >= 15 is 0 Å². The maximum absolute atomic E-state index is 13.2. The molecule has 8 atom stereocenters. The monoisotopic (exact) mass is 376 g/mol. The number of Topliss-reactive ketones (excluding diaryl/α,β-unsaturated/α-hetero) is 1. The second-order valence-corrected chi connectivity index (χ2v) is 9.92. The van der Waals surface area contributed by atoms with Crippen LogP contribution in [-0.4, -0.2) is 29.1 Å². The van der Waals surface area contributed by atoms with Crippen molar-refractivity contribution in [1.82, 2.24) is 0 Å². The molecule has 0 amide bonds. The molecule has 3 aliphatic carbocycles. The molecule has 0 heterocycles. The van der Waals surface area contributed by atoms with Crippen molar-refractivity contribution in [3.05, 3.63) is 12.7 Å². The molecule has 4 heteroatoms. The van der Waals surface area contributed by atoms with Gasteiger partial charge < -0.3 is 9.84 Å². The molecule has 3 rings (SSSR count). The highest BCUT2D eigenvalue weighted by molar-refractivity contribution is 5.85. The van der Waals surface area contributed by atoms with Crippen LogP contribution in [0.4, 0.5) is 0 Å². The first-order valence-electron chi connectivity index (χ1n) is 10.6. The molecule has 0 aromatic heterocycles. The van der Waals surface area contributed by atoms with Gasteiger partial charge in [0, 0.05) is 29.6 Å². The lowest BCUT2D eigenvalue weighted by Crippen LogP contribution is -2.63. The van der Waals surface area contributed by atoms with Crippen molar-refractivity contribution in [1.29, 1.82) is 0 Å². The minimum absolute atomic E-state index is 0.00611. The number of hydrogen-bond acceptors (Lipinski definition) is 4. The summed E-state index contributed by atoms with van der Waals surface area (Å²) in [5, 5.41) is 11.4. The van der Waals surface area contributed by atoms with Gasteiger partial charge in [0.2, 0.25) is 0 Å². The second kappa shape index (κ2) is 6.72. The summed E-state index contributed by atoms with van der Waals surface area (Å²) in [6.07, 6.45) is 5.02. The molecule has 0 saturated heterocycles. The molecule has 2 bridgehead atoms. The van der Waals surface area contributed by atoms with Crippen LogP contribution >= 0.6 is 0 Å². The van der Waals surface area contributed by atoms with E-state index in [2.05, 4.69) is 27.4 Å². The number of ether oxygens (including phenoxy) is 1. The number of ketones is 1. The minimum atomic E-state index is -0.607. The Morgan fingerprint density at radius 2 is 2.00 bits per heavy atom. The van der Waals surface area contributed by atoms with E-state index < -0.39 is 23.0 Å². The number of aliphatic hydroxyl groups excluding tert-OH is 1. The molecule has 0 radical (unpaired) electrons. The highest BCUT2D eigenvalue weighted by atomic mass is 16.5. The predicted molar refractivity (Wildman–Crippen MR) is 105 cm³/mol. The molecule has 0 aromatic rings. The van der Waals surface area contributed by atoms with Crippen LogP contribution in [0.25, 0.3) is 0 Å². The molecule has 7 unspecified atom stereocenters. The predicted octanol–water partition coefficient (Wildman–Crippen LogP) is 4.30. The first-order chi connectivity index (χ1) is 12.6.